The van der Waals surface area contributed by atoms with Crippen molar-refractivity contribution in [3.63, 3.8) is 0 Å². The Balaban J connectivity index is 1.63. The van der Waals surface area contributed by atoms with Crippen molar-refractivity contribution in [2.24, 2.45) is 0 Å². The molecule has 1 saturated heterocycles. The molecule has 0 spiro atoms. The molecular weight excluding hydrogens is 620 g/mol. The third kappa shape index (κ3) is 6.74. The van der Waals surface area contributed by atoms with Crippen molar-refractivity contribution in [2.45, 2.75) is 62.3 Å². The molecule has 3 aromatic rings. The number of anilines is 2. The van der Waals surface area contributed by atoms with Crippen LogP contribution in [0.3, 0.4) is 0 Å². The van der Waals surface area contributed by atoms with Crippen molar-refractivity contribution in [3.05, 3.63) is 82.6 Å². The lowest BCUT2D eigenvalue weighted by Crippen LogP contribution is -2.53. The first-order valence-corrected chi connectivity index (χ1v) is 14.2. The van der Waals surface area contributed by atoms with Crippen molar-refractivity contribution in [1.82, 2.24) is 15.3 Å². The Morgan fingerprint density at radius 2 is 1.80 bits per heavy atom. The van der Waals surface area contributed by atoms with E-state index >= 15 is 0 Å². The predicted octanol–water partition coefficient (Wildman–Crippen LogP) is 4.21. The van der Waals surface area contributed by atoms with Gasteiger partial charge in [0.2, 0.25) is 17.8 Å². The minimum atomic E-state index is -2.89. The molecule has 1 aromatic heterocycles. The van der Waals surface area contributed by atoms with Crippen molar-refractivity contribution >= 4 is 41.0 Å². The second kappa shape index (κ2) is 12.8. The van der Waals surface area contributed by atoms with Crippen LogP contribution in [0, 0.1) is 23.0 Å². The summed E-state index contributed by atoms with van der Waals surface area (Å²) in [6.07, 6.45) is -2.19. The second-order valence-corrected chi connectivity index (χ2v) is 11.1. The summed E-state index contributed by atoms with van der Waals surface area (Å²) in [6.45, 7) is 0. The van der Waals surface area contributed by atoms with Crippen molar-refractivity contribution < 1.29 is 37.1 Å². The van der Waals surface area contributed by atoms with Gasteiger partial charge in [-0.25, -0.2) is 27.5 Å². The van der Waals surface area contributed by atoms with E-state index in [1.165, 1.54) is 24.3 Å². The average molecular weight is 645 g/mol. The number of amides is 3. The molecule has 2 aromatic carbocycles. The van der Waals surface area contributed by atoms with Gasteiger partial charge in [0, 0.05) is 48.2 Å². The fourth-order valence-corrected chi connectivity index (χ4v) is 5.75. The van der Waals surface area contributed by atoms with E-state index in [-0.39, 0.29) is 29.1 Å². The number of halogens is 5. The van der Waals surface area contributed by atoms with Gasteiger partial charge in [-0.15, -0.1) is 0 Å². The molecule has 0 bridgehead atoms. The molecule has 2 fully saturated rings. The number of aliphatic hydroxyl groups excluding tert-OH is 1. The highest BCUT2D eigenvalue weighted by molar-refractivity contribution is 6.31. The van der Waals surface area contributed by atoms with Gasteiger partial charge >= 0.3 is 0 Å². The molecule has 2 unspecified atom stereocenters. The van der Waals surface area contributed by atoms with E-state index in [9.17, 15) is 42.3 Å². The zero-order valence-electron chi connectivity index (χ0n) is 23.3. The molecule has 3 amide bonds. The van der Waals surface area contributed by atoms with Crippen LogP contribution in [0.1, 0.15) is 49.4 Å². The number of alkyl halides is 2. The highest BCUT2D eigenvalue weighted by atomic mass is 35.5. The molecule has 2 aliphatic rings. The lowest BCUT2D eigenvalue weighted by molar-refractivity contribution is -0.128. The predicted molar refractivity (Wildman–Crippen MR) is 152 cm³/mol. The summed E-state index contributed by atoms with van der Waals surface area (Å²) in [5, 5.41) is 22.5. The molecule has 5 rings (SSSR count). The summed E-state index contributed by atoms with van der Waals surface area (Å²) < 4.78 is 57.0. The van der Waals surface area contributed by atoms with Crippen LogP contribution in [-0.4, -0.2) is 56.9 Å². The first-order valence-electron chi connectivity index (χ1n) is 13.8. The number of carbonyl (C=O) groups excluding carboxylic acids is 3. The molecule has 45 heavy (non-hydrogen) atoms. The summed E-state index contributed by atoms with van der Waals surface area (Å²) in [4.78, 5) is 51.1. The Morgan fingerprint density at radius 3 is 2.44 bits per heavy atom. The van der Waals surface area contributed by atoms with E-state index in [2.05, 4.69) is 15.3 Å². The maximum Gasteiger partial charge on any atom is 0.259 e. The first-order chi connectivity index (χ1) is 21.4. The van der Waals surface area contributed by atoms with Gasteiger partial charge in [-0.2, -0.15) is 5.26 Å². The smallest absolute Gasteiger partial charge is 0.259 e. The van der Waals surface area contributed by atoms with Crippen LogP contribution < -0.4 is 15.1 Å². The fraction of sp³-hybridized carbons (Fsp3) is 0.333. The number of rotatable bonds is 7. The summed E-state index contributed by atoms with van der Waals surface area (Å²) >= 11 is 6.49. The zero-order valence-corrected chi connectivity index (χ0v) is 24.1. The Bertz CT molecular complexity index is 1660. The molecule has 10 nitrogen and oxygen atoms in total. The van der Waals surface area contributed by atoms with E-state index in [4.69, 9.17) is 11.6 Å². The van der Waals surface area contributed by atoms with Crippen molar-refractivity contribution in [2.75, 3.05) is 9.80 Å². The van der Waals surface area contributed by atoms with Gasteiger partial charge in [-0.1, -0.05) is 29.8 Å². The lowest BCUT2D eigenvalue weighted by atomic mass is 9.91. The number of carbonyl (C=O) groups is 3. The van der Waals surface area contributed by atoms with E-state index in [1.807, 2.05) is 0 Å². The summed E-state index contributed by atoms with van der Waals surface area (Å²) in [5.41, 5.74) is -0.570. The van der Waals surface area contributed by atoms with Crippen LogP contribution in [0.2, 0.25) is 5.02 Å². The molecular formula is C30H25ClF4N6O4. The van der Waals surface area contributed by atoms with E-state index in [1.54, 1.807) is 12.1 Å². The third-order valence-electron chi connectivity index (χ3n) is 7.67. The maximum absolute atomic E-state index is 14.6. The normalized spacial score (nSPS) is 20.4. The standard InChI is InChI=1S/C30H25ClF4N6O4/c31-22-4-2-1-3-21(22)25(26(43)38-18-5-8-30(34,35)9-6-18)40(20-12-16(32)11-17(33)13-20)27(44)23-14-24(42)28(45)41(23)29-37-10-7-19(15-36)39-29/h1-4,7,10-13,18,23-25,42H,5-6,8-9,14H2,(H,38,43)/t23?,24?,25-/m0/s1. The number of hydrogen-bond donors (Lipinski definition) is 2. The molecule has 3 atom stereocenters. The van der Waals surface area contributed by atoms with Gasteiger partial charge in [-0.3, -0.25) is 24.2 Å². The summed E-state index contributed by atoms with van der Waals surface area (Å²) in [7, 11) is 0. The number of nitriles is 1. The van der Waals surface area contributed by atoms with Gasteiger partial charge in [0.1, 0.15) is 41.6 Å². The number of nitrogens with one attached hydrogen (secondary N) is 1. The lowest BCUT2D eigenvalue weighted by Gasteiger charge is -2.36. The number of aliphatic hydroxyl groups is 1. The highest BCUT2D eigenvalue weighted by Gasteiger charge is 2.49. The van der Waals surface area contributed by atoms with Gasteiger partial charge in [0.25, 0.3) is 11.8 Å². The van der Waals surface area contributed by atoms with Crippen LogP contribution in [0.15, 0.2) is 54.7 Å². The number of benzene rings is 2. The quantitative estimate of drug-likeness (QED) is 0.367. The molecule has 1 aliphatic carbocycles. The van der Waals surface area contributed by atoms with Gasteiger partial charge < -0.3 is 10.4 Å². The minimum Gasteiger partial charge on any atom is -0.383 e. The molecule has 1 saturated carbocycles. The molecule has 2 heterocycles. The van der Waals surface area contributed by atoms with Crippen LogP contribution >= 0.6 is 11.6 Å². The first kappa shape index (κ1) is 31.8. The monoisotopic (exact) mass is 644 g/mol. The Labute approximate surface area is 259 Å². The van der Waals surface area contributed by atoms with Crippen LogP contribution in [0.5, 0.6) is 0 Å². The van der Waals surface area contributed by atoms with Crippen LogP contribution in [-0.2, 0) is 14.4 Å². The maximum atomic E-state index is 14.6. The molecule has 0 radical (unpaired) electrons. The van der Waals surface area contributed by atoms with E-state index in [0.29, 0.717) is 6.07 Å². The van der Waals surface area contributed by atoms with Crippen molar-refractivity contribution in [3.8, 4) is 6.07 Å². The zero-order chi connectivity index (χ0) is 32.5. The fourth-order valence-electron chi connectivity index (χ4n) is 5.51. The van der Waals surface area contributed by atoms with Crippen LogP contribution in [0.4, 0.5) is 29.2 Å². The molecule has 15 heteroatoms. The van der Waals surface area contributed by atoms with Crippen LogP contribution in [0.25, 0.3) is 0 Å². The van der Waals surface area contributed by atoms with Gasteiger partial charge in [0.05, 0.1) is 5.69 Å². The van der Waals surface area contributed by atoms with Gasteiger partial charge in [-0.05, 0) is 37.1 Å². The Morgan fingerprint density at radius 1 is 1.13 bits per heavy atom. The molecule has 1 aliphatic heterocycles. The topological polar surface area (TPSA) is 140 Å². The van der Waals surface area contributed by atoms with Gasteiger partial charge in [0.15, 0.2) is 0 Å². The third-order valence-corrected chi connectivity index (χ3v) is 8.02. The largest absolute Gasteiger partial charge is 0.383 e. The number of aromatic nitrogens is 2. The second-order valence-electron chi connectivity index (χ2n) is 10.7. The average Bonchev–Trinajstić information content (AvgIpc) is 3.30. The SMILES string of the molecule is N#Cc1ccnc(N2C(=O)C(O)CC2C(=O)N(c2cc(F)cc(F)c2)[C@H](C(=O)NC2CCC(F)(F)CC2)c2ccccc2Cl)n1. The van der Waals surface area contributed by atoms with E-state index < -0.39 is 90.4 Å². The van der Waals surface area contributed by atoms with Crippen molar-refractivity contribution in [1.29, 1.82) is 5.26 Å². The molecule has 234 valence electrons. The molecule has 2 N–H and O–H groups in total. The Kier molecular flexibility index (Phi) is 9.03. The number of hydrogen-bond acceptors (Lipinski definition) is 7. The highest BCUT2D eigenvalue weighted by Crippen LogP contribution is 2.38. The van der Waals surface area contributed by atoms with E-state index in [0.717, 1.165) is 28.1 Å². The summed E-state index contributed by atoms with van der Waals surface area (Å²) in [6, 6.07) is 7.00. The number of nitrogens with zero attached hydrogens (tertiary/aromatic N) is 5. The minimum absolute atomic E-state index is 0.00746. The Hall–Kier alpha value is -4.61. The summed E-state index contributed by atoms with van der Waals surface area (Å²) in [5.74, 6) is -8.45.